The summed E-state index contributed by atoms with van der Waals surface area (Å²) >= 11 is 3.35. The molecule has 0 unspecified atom stereocenters. The van der Waals surface area contributed by atoms with E-state index in [1.807, 2.05) is 31.3 Å². The number of anilines is 1. The molecule has 0 bridgehead atoms. The van der Waals surface area contributed by atoms with Crippen molar-refractivity contribution in [2.75, 3.05) is 5.32 Å². The summed E-state index contributed by atoms with van der Waals surface area (Å²) in [6, 6.07) is 6.17. The first-order valence-electron chi connectivity index (χ1n) is 6.25. The second kappa shape index (κ2) is 4.81. The maximum Gasteiger partial charge on any atom is 0.272 e. The number of carbonyl (C=O) groups is 1. The van der Waals surface area contributed by atoms with Crippen molar-refractivity contribution in [3.05, 3.63) is 46.5 Å². The number of aryl methyl sites for hydroxylation is 1. The summed E-state index contributed by atoms with van der Waals surface area (Å²) in [6.45, 7) is 1.94. The Kier molecular flexibility index (Phi) is 3.14. The monoisotopic (exact) mass is 319 g/mol. The predicted molar refractivity (Wildman–Crippen MR) is 77.3 cm³/mol. The van der Waals surface area contributed by atoms with Crippen LogP contribution in [-0.2, 0) is 0 Å². The molecule has 1 saturated carbocycles. The summed E-state index contributed by atoms with van der Waals surface area (Å²) in [5.41, 5.74) is 2.42. The second-order valence-electron chi connectivity index (χ2n) is 4.82. The molecule has 19 heavy (non-hydrogen) atoms. The maximum atomic E-state index is 12.3. The third-order valence-corrected chi connectivity index (χ3v) is 4.05. The van der Waals surface area contributed by atoms with Crippen molar-refractivity contribution in [1.29, 1.82) is 0 Å². The summed E-state index contributed by atoms with van der Waals surface area (Å²) in [6.07, 6.45) is 5.94. The van der Waals surface area contributed by atoms with Crippen LogP contribution in [0.25, 0.3) is 0 Å². The molecule has 0 saturated heterocycles. The molecule has 0 radical (unpaired) electrons. The van der Waals surface area contributed by atoms with Gasteiger partial charge in [-0.25, -0.2) is 4.98 Å². The van der Waals surface area contributed by atoms with Gasteiger partial charge in [0.1, 0.15) is 10.3 Å². The third-order valence-electron chi connectivity index (χ3n) is 3.22. The molecule has 0 aliphatic heterocycles. The van der Waals surface area contributed by atoms with E-state index in [9.17, 15) is 4.79 Å². The van der Waals surface area contributed by atoms with E-state index >= 15 is 0 Å². The van der Waals surface area contributed by atoms with Gasteiger partial charge in [0.2, 0.25) is 0 Å². The molecule has 1 aliphatic rings. The highest BCUT2D eigenvalue weighted by atomic mass is 79.9. The summed E-state index contributed by atoms with van der Waals surface area (Å²) in [5.74, 6) is -0.0829. The van der Waals surface area contributed by atoms with Crippen molar-refractivity contribution in [3.8, 4) is 0 Å². The zero-order valence-corrected chi connectivity index (χ0v) is 12.1. The minimum Gasteiger partial charge on any atom is -0.340 e. The highest BCUT2D eigenvalue weighted by molar-refractivity contribution is 9.10. The lowest BCUT2D eigenvalue weighted by molar-refractivity contribution is 0.101. The summed E-state index contributed by atoms with van der Waals surface area (Å²) in [5, 5.41) is 2.89. The highest BCUT2D eigenvalue weighted by Gasteiger charge is 2.26. The lowest BCUT2D eigenvalue weighted by Gasteiger charge is -2.09. The summed E-state index contributed by atoms with van der Waals surface area (Å²) < 4.78 is 2.85. The molecule has 0 spiro atoms. The van der Waals surface area contributed by atoms with Crippen LogP contribution in [0.1, 0.15) is 34.9 Å². The Bertz CT molecular complexity index is 631. The van der Waals surface area contributed by atoms with Crippen molar-refractivity contribution in [1.82, 2.24) is 9.55 Å². The molecule has 1 fully saturated rings. The van der Waals surface area contributed by atoms with E-state index in [2.05, 4.69) is 30.8 Å². The van der Waals surface area contributed by atoms with Crippen LogP contribution in [0.5, 0.6) is 0 Å². The normalized spacial score (nSPS) is 14.4. The molecule has 2 aromatic heterocycles. The topological polar surface area (TPSA) is 46.9 Å². The number of nitrogens with one attached hydrogen (secondary N) is 1. The van der Waals surface area contributed by atoms with E-state index < -0.39 is 0 Å². The molecular weight excluding hydrogens is 306 g/mol. The van der Waals surface area contributed by atoms with Crippen molar-refractivity contribution >= 4 is 27.5 Å². The Morgan fingerprint density at radius 2 is 2.32 bits per heavy atom. The van der Waals surface area contributed by atoms with Gasteiger partial charge in [0, 0.05) is 12.2 Å². The predicted octanol–water partition coefficient (Wildman–Crippen LogP) is 3.54. The summed E-state index contributed by atoms with van der Waals surface area (Å²) in [7, 11) is 0. The van der Waals surface area contributed by atoms with Gasteiger partial charge in [-0.3, -0.25) is 4.79 Å². The average Bonchev–Trinajstić information content (AvgIpc) is 3.11. The van der Waals surface area contributed by atoms with E-state index in [0.29, 0.717) is 17.4 Å². The first-order valence-corrected chi connectivity index (χ1v) is 7.05. The third kappa shape index (κ3) is 2.56. The number of aromatic nitrogens is 2. The van der Waals surface area contributed by atoms with Crippen molar-refractivity contribution in [3.63, 3.8) is 0 Å². The largest absolute Gasteiger partial charge is 0.340 e. The van der Waals surface area contributed by atoms with E-state index in [0.717, 1.165) is 23.0 Å². The van der Waals surface area contributed by atoms with Crippen LogP contribution in [-0.4, -0.2) is 15.5 Å². The van der Waals surface area contributed by atoms with Gasteiger partial charge in [-0.15, -0.1) is 0 Å². The van der Waals surface area contributed by atoms with Crippen LogP contribution in [0.4, 0.5) is 5.69 Å². The van der Waals surface area contributed by atoms with Gasteiger partial charge in [-0.2, -0.15) is 0 Å². The van der Waals surface area contributed by atoms with Gasteiger partial charge in [0.05, 0.1) is 11.9 Å². The van der Waals surface area contributed by atoms with E-state index in [4.69, 9.17) is 0 Å². The molecule has 1 N–H and O–H groups in total. The number of pyridine rings is 1. The minimum absolute atomic E-state index is 0.0829. The SMILES string of the molecule is Cc1cc(NC(=O)c2cccn2C2CC2)cnc1Br. The van der Waals surface area contributed by atoms with E-state index in [-0.39, 0.29) is 5.91 Å². The first-order chi connectivity index (χ1) is 9.15. The number of carbonyl (C=O) groups excluding carboxylic acids is 1. The van der Waals surface area contributed by atoms with E-state index in [1.54, 1.807) is 6.20 Å². The van der Waals surface area contributed by atoms with Crippen LogP contribution < -0.4 is 5.32 Å². The van der Waals surface area contributed by atoms with Gasteiger partial charge in [0.15, 0.2) is 0 Å². The fourth-order valence-corrected chi connectivity index (χ4v) is 2.30. The molecule has 4 nitrogen and oxygen atoms in total. The second-order valence-corrected chi connectivity index (χ2v) is 5.57. The lowest BCUT2D eigenvalue weighted by Crippen LogP contribution is -2.16. The zero-order chi connectivity index (χ0) is 13.4. The van der Waals surface area contributed by atoms with Gasteiger partial charge in [-0.05, 0) is 59.5 Å². The van der Waals surface area contributed by atoms with Crippen LogP contribution in [0.3, 0.4) is 0 Å². The van der Waals surface area contributed by atoms with Crippen molar-refractivity contribution in [2.45, 2.75) is 25.8 Å². The molecular formula is C14H14BrN3O. The maximum absolute atomic E-state index is 12.3. The van der Waals surface area contributed by atoms with Crippen LogP contribution in [0.2, 0.25) is 0 Å². The quantitative estimate of drug-likeness (QED) is 0.879. The fraction of sp³-hybridized carbons (Fsp3) is 0.286. The van der Waals surface area contributed by atoms with Gasteiger partial charge < -0.3 is 9.88 Å². The standard InChI is InChI=1S/C14H14BrN3O/c1-9-7-10(8-16-13(9)15)17-14(19)12-3-2-6-18(12)11-4-5-11/h2-3,6-8,11H,4-5H2,1H3,(H,17,19). The molecule has 2 aromatic rings. The lowest BCUT2D eigenvalue weighted by atomic mass is 10.3. The molecule has 5 heteroatoms. The summed E-state index contributed by atoms with van der Waals surface area (Å²) in [4.78, 5) is 16.4. The number of hydrogen-bond donors (Lipinski definition) is 1. The molecule has 0 aromatic carbocycles. The Morgan fingerprint density at radius 1 is 1.53 bits per heavy atom. The molecule has 98 valence electrons. The Morgan fingerprint density at radius 3 is 3.00 bits per heavy atom. The Hall–Kier alpha value is -1.62. The number of halogens is 1. The molecule has 1 aliphatic carbocycles. The first kappa shape index (κ1) is 12.4. The molecule has 3 rings (SSSR count). The number of amides is 1. The molecule has 0 atom stereocenters. The number of rotatable bonds is 3. The fourth-order valence-electron chi connectivity index (χ4n) is 2.08. The zero-order valence-electron chi connectivity index (χ0n) is 10.6. The van der Waals surface area contributed by atoms with Crippen LogP contribution >= 0.6 is 15.9 Å². The number of hydrogen-bond acceptors (Lipinski definition) is 2. The highest BCUT2D eigenvalue weighted by Crippen LogP contribution is 2.36. The smallest absolute Gasteiger partial charge is 0.272 e. The molecule has 2 heterocycles. The van der Waals surface area contributed by atoms with Crippen LogP contribution in [0.15, 0.2) is 35.2 Å². The van der Waals surface area contributed by atoms with Crippen molar-refractivity contribution < 1.29 is 4.79 Å². The van der Waals surface area contributed by atoms with Gasteiger partial charge >= 0.3 is 0 Å². The van der Waals surface area contributed by atoms with Gasteiger partial charge in [0.25, 0.3) is 5.91 Å². The van der Waals surface area contributed by atoms with Crippen LogP contribution in [0, 0.1) is 6.92 Å². The Balaban J connectivity index is 1.80. The number of nitrogens with zero attached hydrogens (tertiary/aromatic N) is 2. The average molecular weight is 320 g/mol. The Labute approximate surface area is 120 Å². The van der Waals surface area contributed by atoms with Crippen molar-refractivity contribution in [2.24, 2.45) is 0 Å². The minimum atomic E-state index is -0.0829. The van der Waals surface area contributed by atoms with E-state index in [1.165, 1.54) is 0 Å². The molecule has 1 amide bonds. The van der Waals surface area contributed by atoms with Gasteiger partial charge in [-0.1, -0.05) is 0 Å².